The third kappa shape index (κ3) is 3.01. The molecule has 1 aliphatic rings. The van der Waals surface area contributed by atoms with Crippen molar-refractivity contribution in [2.75, 3.05) is 6.54 Å². The van der Waals surface area contributed by atoms with Crippen LogP contribution < -0.4 is 5.32 Å². The summed E-state index contributed by atoms with van der Waals surface area (Å²) >= 11 is 0. The van der Waals surface area contributed by atoms with Gasteiger partial charge in [-0.25, -0.2) is 4.39 Å². The van der Waals surface area contributed by atoms with Crippen LogP contribution in [-0.2, 0) is 12.8 Å². The number of nitrogens with one attached hydrogen (secondary N) is 1. The maximum atomic E-state index is 12.9. The van der Waals surface area contributed by atoms with Crippen LogP contribution in [0.15, 0.2) is 48.5 Å². The van der Waals surface area contributed by atoms with E-state index in [-0.39, 0.29) is 11.2 Å². The Morgan fingerprint density at radius 1 is 1.10 bits per heavy atom. The maximum absolute atomic E-state index is 12.9. The van der Waals surface area contributed by atoms with Crippen molar-refractivity contribution in [2.24, 2.45) is 5.41 Å². The number of hydrogen-bond acceptors (Lipinski definition) is 1. The maximum Gasteiger partial charge on any atom is 0.123 e. The lowest BCUT2D eigenvalue weighted by atomic mass is 9.85. The lowest BCUT2D eigenvalue weighted by molar-refractivity contribution is 0.271. The summed E-state index contributed by atoms with van der Waals surface area (Å²) in [6.45, 7) is 5.55. The van der Waals surface area contributed by atoms with Crippen molar-refractivity contribution in [3.05, 3.63) is 71.0 Å². The highest BCUT2D eigenvalue weighted by atomic mass is 19.1. The normalized spacial score (nSPS) is 19.5. The summed E-state index contributed by atoms with van der Waals surface area (Å²) in [5, 5.41) is 3.70. The van der Waals surface area contributed by atoms with E-state index in [0.717, 1.165) is 19.4 Å². The highest BCUT2D eigenvalue weighted by Gasteiger charge is 2.37. The number of benzene rings is 2. The third-order valence-electron chi connectivity index (χ3n) is 4.47. The summed E-state index contributed by atoms with van der Waals surface area (Å²) in [4.78, 5) is 0. The average molecular weight is 283 g/mol. The van der Waals surface area contributed by atoms with Crippen molar-refractivity contribution < 1.29 is 4.39 Å². The highest BCUT2D eigenvalue weighted by molar-refractivity contribution is 5.37. The Morgan fingerprint density at radius 2 is 1.81 bits per heavy atom. The van der Waals surface area contributed by atoms with Crippen molar-refractivity contribution in [1.82, 2.24) is 5.32 Å². The fraction of sp³-hybridized carbons (Fsp3) is 0.368. The number of fused-ring (bicyclic) bond motifs is 1. The molecule has 1 N–H and O–H groups in total. The molecule has 0 aliphatic heterocycles. The van der Waals surface area contributed by atoms with Crippen LogP contribution in [0.1, 0.15) is 36.6 Å². The first-order chi connectivity index (χ1) is 10.1. The SMILES string of the molecule is CC1(C)Cc2ccccc2C1NCCc1ccc(F)cc1. The van der Waals surface area contributed by atoms with Crippen LogP contribution in [0.2, 0.25) is 0 Å². The molecule has 0 spiro atoms. The van der Waals surface area contributed by atoms with Gasteiger partial charge in [0.1, 0.15) is 5.82 Å². The molecule has 0 amide bonds. The molecular formula is C19H22FN. The van der Waals surface area contributed by atoms with Crippen LogP contribution in [0.25, 0.3) is 0 Å². The average Bonchev–Trinajstić information content (AvgIpc) is 2.71. The van der Waals surface area contributed by atoms with Crippen LogP contribution >= 0.6 is 0 Å². The summed E-state index contributed by atoms with van der Waals surface area (Å²) in [6.07, 6.45) is 2.05. The molecule has 1 atom stereocenters. The van der Waals surface area contributed by atoms with Gasteiger partial charge in [-0.3, -0.25) is 0 Å². The van der Waals surface area contributed by atoms with E-state index in [1.807, 2.05) is 12.1 Å². The van der Waals surface area contributed by atoms with E-state index in [4.69, 9.17) is 0 Å². The molecule has 21 heavy (non-hydrogen) atoms. The first kappa shape index (κ1) is 14.3. The van der Waals surface area contributed by atoms with Crippen LogP contribution in [0.4, 0.5) is 4.39 Å². The van der Waals surface area contributed by atoms with E-state index in [0.29, 0.717) is 6.04 Å². The van der Waals surface area contributed by atoms with E-state index < -0.39 is 0 Å². The van der Waals surface area contributed by atoms with Gasteiger partial charge in [0.2, 0.25) is 0 Å². The van der Waals surface area contributed by atoms with Crippen molar-refractivity contribution in [3.8, 4) is 0 Å². The van der Waals surface area contributed by atoms with Crippen molar-refractivity contribution in [1.29, 1.82) is 0 Å². The zero-order valence-electron chi connectivity index (χ0n) is 12.7. The van der Waals surface area contributed by atoms with E-state index in [2.05, 4.69) is 43.4 Å². The predicted molar refractivity (Wildman–Crippen MR) is 84.8 cm³/mol. The quantitative estimate of drug-likeness (QED) is 0.883. The number of rotatable bonds is 4. The molecule has 0 fully saturated rings. The lowest BCUT2D eigenvalue weighted by Gasteiger charge is -2.28. The Kier molecular flexibility index (Phi) is 3.81. The molecule has 1 aliphatic carbocycles. The van der Waals surface area contributed by atoms with Crippen molar-refractivity contribution in [3.63, 3.8) is 0 Å². The Labute approximate surface area is 126 Å². The van der Waals surface area contributed by atoms with Gasteiger partial charge >= 0.3 is 0 Å². The Hall–Kier alpha value is -1.67. The summed E-state index contributed by atoms with van der Waals surface area (Å²) < 4.78 is 12.9. The summed E-state index contributed by atoms with van der Waals surface area (Å²) in [6, 6.07) is 15.9. The van der Waals surface area contributed by atoms with Crippen molar-refractivity contribution in [2.45, 2.75) is 32.7 Å². The van der Waals surface area contributed by atoms with Gasteiger partial charge < -0.3 is 5.32 Å². The molecular weight excluding hydrogens is 261 g/mol. The van der Waals surface area contributed by atoms with E-state index in [1.54, 1.807) is 0 Å². The van der Waals surface area contributed by atoms with Gasteiger partial charge in [-0.15, -0.1) is 0 Å². The van der Waals surface area contributed by atoms with Gasteiger partial charge in [0.25, 0.3) is 0 Å². The van der Waals surface area contributed by atoms with Gasteiger partial charge in [0.15, 0.2) is 0 Å². The largest absolute Gasteiger partial charge is 0.309 e. The minimum absolute atomic E-state index is 0.169. The molecule has 110 valence electrons. The molecule has 0 aromatic heterocycles. The van der Waals surface area contributed by atoms with Crippen molar-refractivity contribution >= 4 is 0 Å². The van der Waals surface area contributed by atoms with Gasteiger partial charge in [-0.2, -0.15) is 0 Å². The molecule has 2 aromatic rings. The minimum Gasteiger partial charge on any atom is -0.309 e. The van der Waals surface area contributed by atoms with Crippen LogP contribution in [0, 0.1) is 11.2 Å². The standard InChI is InChI=1S/C19H22FN/c1-19(2)13-15-5-3-4-6-17(15)18(19)21-12-11-14-7-9-16(20)10-8-14/h3-10,18,21H,11-13H2,1-2H3. The molecule has 1 unspecified atom stereocenters. The van der Waals surface area contributed by atoms with Crippen LogP contribution in [0.5, 0.6) is 0 Å². The molecule has 1 nitrogen and oxygen atoms in total. The van der Waals surface area contributed by atoms with Gasteiger partial charge in [0, 0.05) is 6.04 Å². The Balaban J connectivity index is 1.66. The molecule has 2 heteroatoms. The Bertz CT molecular complexity index is 616. The number of halogens is 1. The van der Waals surface area contributed by atoms with Gasteiger partial charge in [0.05, 0.1) is 0 Å². The van der Waals surface area contributed by atoms with Gasteiger partial charge in [-0.1, -0.05) is 50.2 Å². The second-order valence-electron chi connectivity index (χ2n) is 6.63. The molecule has 2 aromatic carbocycles. The third-order valence-corrected chi connectivity index (χ3v) is 4.47. The molecule has 0 bridgehead atoms. The summed E-state index contributed by atoms with van der Waals surface area (Å²) in [5.41, 5.74) is 4.31. The van der Waals surface area contributed by atoms with Gasteiger partial charge in [-0.05, 0) is 53.6 Å². The molecule has 0 saturated carbocycles. The monoisotopic (exact) mass is 283 g/mol. The highest BCUT2D eigenvalue weighted by Crippen LogP contribution is 2.44. The summed E-state index contributed by atoms with van der Waals surface area (Å²) in [5.74, 6) is -0.169. The molecule has 0 saturated heterocycles. The summed E-state index contributed by atoms with van der Waals surface area (Å²) in [7, 11) is 0. The second-order valence-corrected chi connectivity index (χ2v) is 6.63. The Morgan fingerprint density at radius 3 is 2.57 bits per heavy atom. The predicted octanol–water partition coefficient (Wildman–Crippen LogP) is 4.28. The van der Waals surface area contributed by atoms with E-state index in [1.165, 1.54) is 28.8 Å². The fourth-order valence-corrected chi connectivity index (χ4v) is 3.39. The smallest absolute Gasteiger partial charge is 0.123 e. The first-order valence-corrected chi connectivity index (χ1v) is 7.62. The fourth-order valence-electron chi connectivity index (χ4n) is 3.39. The topological polar surface area (TPSA) is 12.0 Å². The zero-order chi connectivity index (χ0) is 14.9. The zero-order valence-corrected chi connectivity index (χ0v) is 12.7. The first-order valence-electron chi connectivity index (χ1n) is 7.62. The second kappa shape index (κ2) is 5.61. The molecule has 0 heterocycles. The van der Waals surface area contributed by atoms with Crippen LogP contribution in [0.3, 0.4) is 0 Å². The molecule has 3 rings (SSSR count). The number of hydrogen-bond donors (Lipinski definition) is 1. The van der Waals surface area contributed by atoms with Crippen LogP contribution in [-0.4, -0.2) is 6.54 Å². The lowest BCUT2D eigenvalue weighted by Crippen LogP contribution is -2.32. The minimum atomic E-state index is -0.169. The van der Waals surface area contributed by atoms with E-state index >= 15 is 0 Å². The van der Waals surface area contributed by atoms with E-state index in [9.17, 15) is 4.39 Å². The molecule has 0 radical (unpaired) electrons.